The summed E-state index contributed by atoms with van der Waals surface area (Å²) in [5.41, 5.74) is 1.25. The van der Waals surface area contributed by atoms with E-state index in [1.165, 1.54) is 5.56 Å². The summed E-state index contributed by atoms with van der Waals surface area (Å²) in [6.07, 6.45) is 0. The largest absolute Gasteiger partial charge is 0.314 e. The second kappa shape index (κ2) is 6.50. The van der Waals surface area contributed by atoms with Gasteiger partial charge in [0.15, 0.2) is 9.84 Å². The van der Waals surface area contributed by atoms with Crippen LogP contribution in [0.1, 0.15) is 18.5 Å². The van der Waals surface area contributed by atoms with Crippen LogP contribution in [0, 0.1) is 0 Å². The Hall–Kier alpha value is -0.910. The molecule has 1 aliphatic rings. The second-order valence-corrected chi connectivity index (χ2v) is 7.38. The third kappa shape index (κ3) is 4.03. The Kier molecular flexibility index (Phi) is 4.96. The van der Waals surface area contributed by atoms with Crippen LogP contribution < -0.4 is 5.32 Å². The van der Waals surface area contributed by atoms with E-state index >= 15 is 0 Å². The van der Waals surface area contributed by atoms with Gasteiger partial charge in [0, 0.05) is 38.0 Å². The van der Waals surface area contributed by atoms with Gasteiger partial charge < -0.3 is 5.32 Å². The molecular formula is C14H22N2O2S. The van der Waals surface area contributed by atoms with Gasteiger partial charge in [-0.15, -0.1) is 0 Å². The highest BCUT2D eigenvalue weighted by atomic mass is 32.2. The molecule has 19 heavy (non-hydrogen) atoms. The zero-order valence-electron chi connectivity index (χ0n) is 11.4. The summed E-state index contributed by atoms with van der Waals surface area (Å²) in [6, 6.07) is 10.6. The topological polar surface area (TPSA) is 49.4 Å². The summed E-state index contributed by atoms with van der Waals surface area (Å²) in [7, 11) is -2.89. The van der Waals surface area contributed by atoms with Crippen LogP contribution in [-0.2, 0) is 9.84 Å². The minimum Gasteiger partial charge on any atom is -0.314 e. The first kappa shape index (κ1) is 14.5. The summed E-state index contributed by atoms with van der Waals surface area (Å²) in [5.74, 6) is 0.488. The van der Waals surface area contributed by atoms with Crippen molar-refractivity contribution in [1.29, 1.82) is 0 Å². The normalized spacial score (nSPS) is 21.4. The van der Waals surface area contributed by atoms with Gasteiger partial charge in [-0.3, -0.25) is 4.90 Å². The maximum Gasteiger partial charge on any atom is 0.151 e. The van der Waals surface area contributed by atoms with Crippen LogP contribution in [0.25, 0.3) is 0 Å². The maximum absolute atomic E-state index is 11.6. The van der Waals surface area contributed by atoms with E-state index in [0.717, 1.165) is 19.6 Å². The van der Waals surface area contributed by atoms with E-state index in [0.29, 0.717) is 6.54 Å². The van der Waals surface area contributed by atoms with E-state index in [9.17, 15) is 8.42 Å². The molecule has 0 aromatic heterocycles. The minimum atomic E-state index is -2.89. The predicted octanol–water partition coefficient (Wildman–Crippen LogP) is 1.07. The third-order valence-electron chi connectivity index (χ3n) is 3.67. The fourth-order valence-electron chi connectivity index (χ4n) is 2.42. The molecule has 0 bridgehead atoms. The van der Waals surface area contributed by atoms with Crippen molar-refractivity contribution in [1.82, 2.24) is 10.2 Å². The van der Waals surface area contributed by atoms with Crippen molar-refractivity contribution in [2.24, 2.45) is 0 Å². The lowest BCUT2D eigenvalue weighted by Gasteiger charge is -2.36. The van der Waals surface area contributed by atoms with Gasteiger partial charge in [-0.2, -0.15) is 0 Å². The lowest BCUT2D eigenvalue weighted by molar-refractivity contribution is 0.172. The average Bonchev–Trinajstić information content (AvgIpc) is 2.46. The number of nitrogens with one attached hydrogen (secondary N) is 1. The van der Waals surface area contributed by atoms with Crippen LogP contribution in [-0.4, -0.2) is 51.0 Å². The first-order chi connectivity index (χ1) is 9.12. The van der Waals surface area contributed by atoms with E-state index in [2.05, 4.69) is 22.3 Å². The van der Waals surface area contributed by atoms with Crippen LogP contribution in [0.2, 0.25) is 0 Å². The van der Waals surface area contributed by atoms with E-state index < -0.39 is 9.84 Å². The summed E-state index contributed by atoms with van der Waals surface area (Å²) >= 11 is 0. The Morgan fingerprint density at radius 3 is 2.74 bits per heavy atom. The molecule has 1 unspecified atom stereocenters. The summed E-state index contributed by atoms with van der Waals surface area (Å²) in [6.45, 7) is 5.05. The molecule has 1 aromatic carbocycles. The van der Waals surface area contributed by atoms with Gasteiger partial charge in [-0.25, -0.2) is 8.42 Å². The zero-order chi connectivity index (χ0) is 13.7. The molecule has 0 saturated carbocycles. The molecular weight excluding hydrogens is 260 g/mol. The molecule has 1 N–H and O–H groups in total. The lowest BCUT2D eigenvalue weighted by atomic mass is 10.0. The molecule has 1 atom stereocenters. The SMILES string of the molecule is CCS(=O)(=O)CCN1CCNCC1c1ccccc1. The van der Waals surface area contributed by atoms with Gasteiger partial charge >= 0.3 is 0 Å². The third-order valence-corrected chi connectivity index (χ3v) is 5.35. The highest BCUT2D eigenvalue weighted by Crippen LogP contribution is 2.21. The Morgan fingerprint density at radius 1 is 1.32 bits per heavy atom. The predicted molar refractivity (Wildman–Crippen MR) is 78.0 cm³/mol. The monoisotopic (exact) mass is 282 g/mol. The molecule has 1 heterocycles. The highest BCUT2D eigenvalue weighted by molar-refractivity contribution is 7.91. The van der Waals surface area contributed by atoms with Gasteiger partial charge in [0.05, 0.1) is 5.75 Å². The first-order valence-electron chi connectivity index (χ1n) is 6.82. The Morgan fingerprint density at radius 2 is 2.05 bits per heavy atom. The van der Waals surface area contributed by atoms with Crippen molar-refractivity contribution < 1.29 is 8.42 Å². The van der Waals surface area contributed by atoms with Gasteiger partial charge in [0.25, 0.3) is 0 Å². The van der Waals surface area contributed by atoms with Crippen LogP contribution >= 0.6 is 0 Å². The van der Waals surface area contributed by atoms with E-state index in [1.807, 2.05) is 18.2 Å². The molecule has 0 radical (unpaired) electrons. The Balaban J connectivity index is 2.05. The Bertz CT molecular complexity index is 487. The maximum atomic E-state index is 11.6. The summed E-state index contributed by atoms with van der Waals surface area (Å²) in [5, 5.41) is 3.38. The number of hydrogen-bond acceptors (Lipinski definition) is 4. The van der Waals surface area contributed by atoms with Crippen molar-refractivity contribution in [2.45, 2.75) is 13.0 Å². The van der Waals surface area contributed by atoms with Crippen LogP contribution in [0.5, 0.6) is 0 Å². The molecule has 0 amide bonds. The van der Waals surface area contributed by atoms with Crippen molar-refractivity contribution in [3.05, 3.63) is 35.9 Å². The zero-order valence-corrected chi connectivity index (χ0v) is 12.2. The molecule has 2 rings (SSSR count). The number of rotatable bonds is 5. The fourth-order valence-corrected chi connectivity index (χ4v) is 3.22. The second-order valence-electron chi connectivity index (χ2n) is 4.90. The Labute approximate surface area is 115 Å². The number of nitrogens with zero attached hydrogens (tertiary/aromatic N) is 1. The van der Waals surface area contributed by atoms with Crippen LogP contribution in [0.3, 0.4) is 0 Å². The highest BCUT2D eigenvalue weighted by Gasteiger charge is 2.24. The number of benzene rings is 1. The van der Waals surface area contributed by atoms with Gasteiger partial charge in [-0.1, -0.05) is 37.3 Å². The van der Waals surface area contributed by atoms with Crippen molar-refractivity contribution in [3.8, 4) is 0 Å². The molecule has 5 heteroatoms. The lowest BCUT2D eigenvalue weighted by Crippen LogP contribution is -2.47. The molecule has 1 aliphatic heterocycles. The van der Waals surface area contributed by atoms with E-state index in [4.69, 9.17) is 0 Å². The van der Waals surface area contributed by atoms with Gasteiger partial charge in [0.2, 0.25) is 0 Å². The number of piperazine rings is 1. The summed E-state index contributed by atoms with van der Waals surface area (Å²) in [4.78, 5) is 2.28. The molecule has 1 saturated heterocycles. The number of hydrogen-bond donors (Lipinski definition) is 1. The number of sulfone groups is 1. The van der Waals surface area contributed by atoms with Gasteiger partial charge in [-0.05, 0) is 5.56 Å². The van der Waals surface area contributed by atoms with Crippen LogP contribution in [0.4, 0.5) is 0 Å². The average molecular weight is 282 g/mol. The summed E-state index contributed by atoms with van der Waals surface area (Å²) < 4.78 is 23.3. The molecule has 106 valence electrons. The van der Waals surface area contributed by atoms with Crippen molar-refractivity contribution in [3.63, 3.8) is 0 Å². The minimum absolute atomic E-state index is 0.231. The molecule has 0 aliphatic carbocycles. The smallest absolute Gasteiger partial charge is 0.151 e. The molecule has 4 nitrogen and oxygen atoms in total. The molecule has 1 fully saturated rings. The van der Waals surface area contributed by atoms with E-state index in [1.54, 1.807) is 6.92 Å². The fraction of sp³-hybridized carbons (Fsp3) is 0.571. The standard InChI is InChI=1S/C14H22N2O2S/c1-2-19(17,18)11-10-16-9-8-15-12-14(16)13-6-4-3-5-7-13/h3-7,14-15H,2,8-12H2,1H3. The van der Waals surface area contributed by atoms with Crippen molar-refractivity contribution >= 4 is 9.84 Å². The molecule has 1 aromatic rings. The van der Waals surface area contributed by atoms with Crippen LogP contribution in [0.15, 0.2) is 30.3 Å². The van der Waals surface area contributed by atoms with E-state index in [-0.39, 0.29) is 17.5 Å². The molecule has 0 spiro atoms. The first-order valence-corrected chi connectivity index (χ1v) is 8.64. The van der Waals surface area contributed by atoms with Crippen molar-refractivity contribution in [2.75, 3.05) is 37.7 Å². The quantitative estimate of drug-likeness (QED) is 0.877. The van der Waals surface area contributed by atoms with Gasteiger partial charge in [0.1, 0.15) is 0 Å².